The molecule has 0 saturated carbocycles. The number of aliphatic hydroxyl groups excluding tert-OH is 1. The van der Waals surface area contributed by atoms with Gasteiger partial charge in [-0.1, -0.05) is 32.0 Å². The van der Waals surface area contributed by atoms with Gasteiger partial charge in [0.2, 0.25) is 0 Å². The van der Waals surface area contributed by atoms with Gasteiger partial charge in [0.25, 0.3) is 0 Å². The maximum absolute atomic E-state index is 12.0. The predicted octanol–water partition coefficient (Wildman–Crippen LogP) is 3.42. The van der Waals surface area contributed by atoms with E-state index >= 15 is 0 Å². The number of alkyl halides is 3. The number of aryl methyl sites for hydroxylation is 2. The topological polar surface area (TPSA) is 29.5 Å². The monoisotopic (exact) mass is 276 g/mol. The van der Waals surface area contributed by atoms with Crippen LogP contribution in [0.2, 0.25) is 0 Å². The Balaban J connectivity index is 2.72. The van der Waals surface area contributed by atoms with Crippen LogP contribution in [0.1, 0.15) is 36.6 Å². The molecule has 0 aliphatic carbocycles. The van der Waals surface area contributed by atoms with Crippen molar-refractivity contribution in [1.82, 2.24) is 0 Å². The molecular formula is C14H19F3O2. The van der Waals surface area contributed by atoms with Crippen molar-refractivity contribution in [2.75, 3.05) is 13.2 Å². The van der Waals surface area contributed by atoms with E-state index in [2.05, 4.69) is 4.74 Å². The molecule has 0 aliphatic rings. The van der Waals surface area contributed by atoms with Crippen LogP contribution < -0.4 is 0 Å². The molecule has 5 heteroatoms. The van der Waals surface area contributed by atoms with E-state index in [1.807, 2.05) is 32.0 Å². The summed E-state index contributed by atoms with van der Waals surface area (Å²) in [6, 6.07) is 5.70. The maximum Gasteiger partial charge on any atom is 0.411 e. The lowest BCUT2D eigenvalue weighted by molar-refractivity contribution is -0.179. The molecule has 0 bridgehead atoms. The molecule has 0 heterocycles. The van der Waals surface area contributed by atoms with Gasteiger partial charge in [0, 0.05) is 0 Å². The number of benzene rings is 1. The SMILES string of the molecule is CCc1ccc(CC)c(C(O)COCC(F)(F)F)c1. The fraction of sp³-hybridized carbons (Fsp3) is 0.571. The van der Waals surface area contributed by atoms with Crippen molar-refractivity contribution in [3.05, 3.63) is 34.9 Å². The zero-order valence-electron chi connectivity index (χ0n) is 11.1. The Morgan fingerprint density at radius 2 is 1.89 bits per heavy atom. The highest BCUT2D eigenvalue weighted by atomic mass is 19.4. The largest absolute Gasteiger partial charge is 0.411 e. The van der Waals surface area contributed by atoms with E-state index in [9.17, 15) is 18.3 Å². The molecule has 1 rings (SSSR count). The Labute approximate surface area is 111 Å². The molecule has 1 N–H and O–H groups in total. The standard InChI is InChI=1S/C14H19F3O2/c1-3-10-5-6-11(4-2)12(7-10)13(18)8-19-9-14(15,16)17/h5-7,13,18H,3-4,8-9H2,1-2H3. The van der Waals surface area contributed by atoms with Gasteiger partial charge in [0.15, 0.2) is 0 Å². The molecule has 19 heavy (non-hydrogen) atoms. The fourth-order valence-corrected chi connectivity index (χ4v) is 1.87. The van der Waals surface area contributed by atoms with E-state index < -0.39 is 18.9 Å². The van der Waals surface area contributed by atoms with E-state index in [0.29, 0.717) is 5.56 Å². The molecule has 1 aromatic rings. The summed E-state index contributed by atoms with van der Waals surface area (Å²) in [7, 11) is 0. The second-order valence-corrected chi connectivity index (χ2v) is 4.39. The van der Waals surface area contributed by atoms with Gasteiger partial charge in [0.1, 0.15) is 12.7 Å². The quantitative estimate of drug-likeness (QED) is 0.862. The summed E-state index contributed by atoms with van der Waals surface area (Å²) in [5.41, 5.74) is 2.63. The highest BCUT2D eigenvalue weighted by molar-refractivity contribution is 5.33. The number of halogens is 3. The molecule has 108 valence electrons. The van der Waals surface area contributed by atoms with Crippen molar-refractivity contribution >= 4 is 0 Å². The first-order chi connectivity index (χ1) is 8.87. The highest BCUT2D eigenvalue weighted by Gasteiger charge is 2.28. The van der Waals surface area contributed by atoms with Gasteiger partial charge in [-0.05, 0) is 29.5 Å². The summed E-state index contributed by atoms with van der Waals surface area (Å²) >= 11 is 0. The van der Waals surface area contributed by atoms with Crippen LogP contribution in [-0.4, -0.2) is 24.5 Å². The summed E-state index contributed by atoms with van der Waals surface area (Å²) in [5.74, 6) is 0. The van der Waals surface area contributed by atoms with Crippen molar-refractivity contribution in [1.29, 1.82) is 0 Å². The Kier molecular flexibility index (Phi) is 5.82. The highest BCUT2D eigenvalue weighted by Crippen LogP contribution is 2.22. The molecule has 0 amide bonds. The first kappa shape index (κ1) is 16.0. The lowest BCUT2D eigenvalue weighted by atomic mass is 9.97. The van der Waals surface area contributed by atoms with Crippen molar-refractivity contribution in [2.24, 2.45) is 0 Å². The molecular weight excluding hydrogens is 257 g/mol. The van der Waals surface area contributed by atoms with Crippen LogP contribution in [0.4, 0.5) is 13.2 Å². The average Bonchev–Trinajstić information content (AvgIpc) is 2.36. The molecule has 2 nitrogen and oxygen atoms in total. The second kappa shape index (κ2) is 6.91. The van der Waals surface area contributed by atoms with Crippen molar-refractivity contribution in [3.63, 3.8) is 0 Å². The average molecular weight is 276 g/mol. The van der Waals surface area contributed by atoms with E-state index in [-0.39, 0.29) is 6.61 Å². The van der Waals surface area contributed by atoms with Crippen LogP contribution in [0.5, 0.6) is 0 Å². The molecule has 1 unspecified atom stereocenters. The third-order valence-electron chi connectivity index (χ3n) is 2.90. The summed E-state index contributed by atoms with van der Waals surface area (Å²) in [4.78, 5) is 0. The zero-order chi connectivity index (χ0) is 14.5. The van der Waals surface area contributed by atoms with Gasteiger partial charge in [-0.3, -0.25) is 0 Å². The minimum Gasteiger partial charge on any atom is -0.386 e. The van der Waals surface area contributed by atoms with Crippen LogP contribution in [0, 0.1) is 0 Å². The Bertz CT molecular complexity index is 402. The number of aliphatic hydroxyl groups is 1. The minimum atomic E-state index is -4.36. The molecule has 1 atom stereocenters. The zero-order valence-corrected chi connectivity index (χ0v) is 11.1. The van der Waals surface area contributed by atoms with Crippen LogP contribution in [0.15, 0.2) is 18.2 Å². The summed E-state index contributed by atoms with van der Waals surface area (Å²) < 4.78 is 40.4. The van der Waals surface area contributed by atoms with Crippen LogP contribution in [0.25, 0.3) is 0 Å². The van der Waals surface area contributed by atoms with E-state index in [1.54, 1.807) is 0 Å². The molecule has 0 saturated heterocycles. The van der Waals surface area contributed by atoms with Gasteiger partial charge in [0.05, 0.1) is 6.61 Å². The van der Waals surface area contributed by atoms with Crippen molar-refractivity contribution in [2.45, 2.75) is 39.0 Å². The number of hydrogen-bond donors (Lipinski definition) is 1. The lowest BCUT2D eigenvalue weighted by Crippen LogP contribution is -2.20. The Hall–Kier alpha value is -1.07. The molecule has 1 aromatic carbocycles. The van der Waals surface area contributed by atoms with E-state index in [0.717, 1.165) is 24.0 Å². The Morgan fingerprint density at radius 1 is 1.21 bits per heavy atom. The predicted molar refractivity (Wildman–Crippen MR) is 67.0 cm³/mol. The van der Waals surface area contributed by atoms with Gasteiger partial charge < -0.3 is 9.84 Å². The second-order valence-electron chi connectivity index (χ2n) is 4.39. The number of hydrogen-bond acceptors (Lipinski definition) is 2. The summed E-state index contributed by atoms with van der Waals surface area (Å²) in [6.45, 7) is 2.24. The van der Waals surface area contributed by atoms with Gasteiger partial charge in [-0.2, -0.15) is 13.2 Å². The van der Waals surface area contributed by atoms with Gasteiger partial charge >= 0.3 is 6.18 Å². The fourth-order valence-electron chi connectivity index (χ4n) is 1.87. The lowest BCUT2D eigenvalue weighted by Gasteiger charge is -2.17. The first-order valence-electron chi connectivity index (χ1n) is 6.31. The molecule has 0 radical (unpaired) electrons. The van der Waals surface area contributed by atoms with Crippen molar-refractivity contribution in [3.8, 4) is 0 Å². The number of ether oxygens (including phenoxy) is 1. The van der Waals surface area contributed by atoms with Gasteiger partial charge in [-0.25, -0.2) is 0 Å². The van der Waals surface area contributed by atoms with E-state index in [4.69, 9.17) is 0 Å². The minimum absolute atomic E-state index is 0.348. The third-order valence-corrected chi connectivity index (χ3v) is 2.90. The summed E-state index contributed by atoms with van der Waals surface area (Å²) in [5, 5.41) is 9.96. The van der Waals surface area contributed by atoms with Crippen LogP contribution in [0.3, 0.4) is 0 Å². The van der Waals surface area contributed by atoms with Crippen LogP contribution in [-0.2, 0) is 17.6 Å². The molecule has 0 fully saturated rings. The molecule has 0 spiro atoms. The van der Waals surface area contributed by atoms with Crippen molar-refractivity contribution < 1.29 is 23.0 Å². The first-order valence-corrected chi connectivity index (χ1v) is 6.31. The van der Waals surface area contributed by atoms with Crippen LogP contribution >= 0.6 is 0 Å². The Morgan fingerprint density at radius 3 is 2.42 bits per heavy atom. The third kappa shape index (κ3) is 5.20. The number of rotatable bonds is 6. The van der Waals surface area contributed by atoms with Gasteiger partial charge in [-0.15, -0.1) is 0 Å². The molecule has 0 aromatic heterocycles. The van der Waals surface area contributed by atoms with E-state index in [1.165, 1.54) is 0 Å². The smallest absolute Gasteiger partial charge is 0.386 e. The maximum atomic E-state index is 12.0. The summed E-state index contributed by atoms with van der Waals surface area (Å²) in [6.07, 6.45) is -3.86. The normalized spacial score (nSPS) is 13.6. The molecule has 0 aliphatic heterocycles.